The fourth-order valence-electron chi connectivity index (χ4n) is 2.11. The minimum absolute atomic E-state index is 0.00440. The van der Waals surface area contributed by atoms with Crippen LogP contribution in [0, 0.1) is 6.92 Å². The highest BCUT2D eigenvalue weighted by Gasteiger charge is 2.21. The molecule has 7 heteroatoms. The molecule has 2 rings (SSSR count). The molecule has 0 bridgehead atoms. The molecule has 114 valence electrons. The first-order chi connectivity index (χ1) is 9.70. The monoisotopic (exact) mass is 363 g/mol. The number of hydrogen-bond acceptors (Lipinski definition) is 3. The Morgan fingerprint density at radius 2 is 1.86 bits per heavy atom. The summed E-state index contributed by atoms with van der Waals surface area (Å²) in [5.74, 6) is 0.390. The SMILES string of the molecule is Cc1cc(NS(=O)(=O)c2cc(Cl)sc2Cl)ccc1C(C)C. The molecule has 3 nitrogen and oxygen atoms in total. The molecule has 2 aromatic rings. The van der Waals surface area contributed by atoms with Gasteiger partial charge in [0.25, 0.3) is 10.0 Å². The van der Waals surface area contributed by atoms with Crippen molar-refractivity contribution < 1.29 is 8.42 Å². The predicted molar refractivity (Wildman–Crippen MR) is 90.4 cm³/mol. The van der Waals surface area contributed by atoms with Crippen molar-refractivity contribution in [2.45, 2.75) is 31.6 Å². The lowest BCUT2D eigenvalue weighted by Crippen LogP contribution is -2.12. The normalized spacial score (nSPS) is 11.9. The lowest BCUT2D eigenvalue weighted by molar-refractivity contribution is 0.601. The summed E-state index contributed by atoms with van der Waals surface area (Å²) in [4.78, 5) is 0.00440. The van der Waals surface area contributed by atoms with Crippen LogP contribution in [0.3, 0.4) is 0 Å². The minimum Gasteiger partial charge on any atom is -0.280 e. The Morgan fingerprint density at radius 1 is 1.19 bits per heavy atom. The molecule has 0 saturated heterocycles. The quantitative estimate of drug-likeness (QED) is 0.801. The Labute approximate surface area is 139 Å². The first-order valence-corrected chi connectivity index (χ1v) is 9.34. The fraction of sp³-hybridized carbons (Fsp3) is 0.286. The van der Waals surface area contributed by atoms with Gasteiger partial charge in [-0.1, -0.05) is 43.1 Å². The summed E-state index contributed by atoms with van der Waals surface area (Å²) in [6.45, 7) is 6.15. The van der Waals surface area contributed by atoms with Crippen LogP contribution in [0.4, 0.5) is 5.69 Å². The highest BCUT2D eigenvalue weighted by Crippen LogP contribution is 2.35. The van der Waals surface area contributed by atoms with E-state index >= 15 is 0 Å². The van der Waals surface area contributed by atoms with Crippen LogP contribution in [0.2, 0.25) is 8.67 Å². The molecule has 21 heavy (non-hydrogen) atoms. The maximum Gasteiger partial charge on any atom is 0.264 e. The van der Waals surface area contributed by atoms with Gasteiger partial charge in [-0.15, -0.1) is 11.3 Å². The average molecular weight is 364 g/mol. The molecule has 0 atom stereocenters. The number of aryl methyl sites for hydroxylation is 1. The number of nitrogens with one attached hydrogen (secondary N) is 1. The van der Waals surface area contributed by atoms with E-state index in [1.54, 1.807) is 6.07 Å². The van der Waals surface area contributed by atoms with Crippen LogP contribution in [0.5, 0.6) is 0 Å². The number of rotatable bonds is 4. The van der Waals surface area contributed by atoms with Crippen molar-refractivity contribution in [3.8, 4) is 0 Å². The summed E-state index contributed by atoms with van der Waals surface area (Å²) in [5, 5.41) is 0. The first-order valence-electron chi connectivity index (χ1n) is 6.29. The van der Waals surface area contributed by atoms with Crippen molar-refractivity contribution in [1.29, 1.82) is 0 Å². The molecule has 1 heterocycles. The Kier molecular flexibility index (Phi) is 4.88. The van der Waals surface area contributed by atoms with Gasteiger partial charge in [-0.05, 0) is 42.2 Å². The highest BCUT2D eigenvalue weighted by molar-refractivity contribution is 7.93. The lowest BCUT2D eigenvalue weighted by atomic mass is 9.98. The second-order valence-electron chi connectivity index (χ2n) is 5.02. The number of sulfonamides is 1. The van der Waals surface area contributed by atoms with Gasteiger partial charge in [0.1, 0.15) is 9.23 Å². The smallest absolute Gasteiger partial charge is 0.264 e. The second kappa shape index (κ2) is 6.16. The molecular weight excluding hydrogens is 349 g/mol. The number of thiophene rings is 1. The van der Waals surface area contributed by atoms with E-state index in [0.29, 0.717) is 15.9 Å². The van der Waals surface area contributed by atoms with Crippen molar-refractivity contribution in [1.82, 2.24) is 0 Å². The maximum absolute atomic E-state index is 12.3. The third-order valence-electron chi connectivity index (χ3n) is 3.06. The second-order valence-corrected chi connectivity index (χ2v) is 8.96. The van der Waals surface area contributed by atoms with Crippen molar-refractivity contribution in [2.75, 3.05) is 4.72 Å². The molecule has 0 unspecified atom stereocenters. The van der Waals surface area contributed by atoms with Gasteiger partial charge in [0.2, 0.25) is 0 Å². The van der Waals surface area contributed by atoms with Gasteiger partial charge in [0.15, 0.2) is 0 Å². The average Bonchev–Trinajstić information content (AvgIpc) is 2.68. The van der Waals surface area contributed by atoms with Gasteiger partial charge in [0, 0.05) is 5.69 Å². The zero-order valence-corrected chi connectivity index (χ0v) is 14.9. The summed E-state index contributed by atoms with van der Waals surface area (Å²) in [5.41, 5.74) is 2.74. The van der Waals surface area contributed by atoms with Crippen LogP contribution < -0.4 is 4.72 Å². The Hall–Kier alpha value is -0.750. The van der Waals surface area contributed by atoms with Crippen LogP contribution in [-0.4, -0.2) is 8.42 Å². The third-order valence-corrected chi connectivity index (χ3v) is 6.19. The van der Waals surface area contributed by atoms with Crippen molar-refractivity contribution >= 4 is 50.2 Å². The predicted octanol–water partition coefficient (Wildman–Crippen LogP) is 5.29. The minimum atomic E-state index is -3.73. The van der Waals surface area contributed by atoms with E-state index in [2.05, 4.69) is 18.6 Å². The molecule has 0 spiro atoms. The number of hydrogen-bond donors (Lipinski definition) is 1. The highest BCUT2D eigenvalue weighted by atomic mass is 35.5. The Bertz CT molecular complexity index is 767. The summed E-state index contributed by atoms with van der Waals surface area (Å²) in [7, 11) is -3.73. The zero-order valence-electron chi connectivity index (χ0n) is 11.8. The van der Waals surface area contributed by atoms with Crippen LogP contribution in [0.1, 0.15) is 30.9 Å². The van der Waals surface area contributed by atoms with E-state index in [1.807, 2.05) is 19.1 Å². The summed E-state index contributed by atoms with van der Waals surface area (Å²) >= 11 is 12.7. The van der Waals surface area contributed by atoms with E-state index in [1.165, 1.54) is 11.6 Å². The largest absolute Gasteiger partial charge is 0.280 e. The Morgan fingerprint density at radius 3 is 2.33 bits per heavy atom. The lowest BCUT2D eigenvalue weighted by Gasteiger charge is -2.13. The molecule has 0 saturated carbocycles. The third kappa shape index (κ3) is 3.72. The van der Waals surface area contributed by atoms with Gasteiger partial charge in [-0.2, -0.15) is 0 Å². The van der Waals surface area contributed by atoms with E-state index in [-0.39, 0.29) is 9.23 Å². The van der Waals surface area contributed by atoms with Crippen LogP contribution in [0.15, 0.2) is 29.2 Å². The van der Waals surface area contributed by atoms with Gasteiger partial charge < -0.3 is 0 Å². The topological polar surface area (TPSA) is 46.2 Å². The van der Waals surface area contributed by atoms with Crippen molar-refractivity contribution in [3.05, 3.63) is 44.1 Å². The van der Waals surface area contributed by atoms with Gasteiger partial charge in [-0.3, -0.25) is 4.72 Å². The number of halogens is 2. The molecule has 0 aliphatic rings. The molecule has 0 aliphatic heterocycles. The molecule has 1 aromatic heterocycles. The standard InChI is InChI=1S/C14H15Cl2NO2S2/c1-8(2)11-5-4-10(6-9(11)3)17-21(18,19)12-7-13(15)20-14(12)16/h4-8,17H,1-3H3. The van der Waals surface area contributed by atoms with Gasteiger partial charge >= 0.3 is 0 Å². The van der Waals surface area contributed by atoms with Gasteiger partial charge in [0.05, 0.1) is 4.34 Å². The summed E-state index contributed by atoms with van der Waals surface area (Å²) < 4.78 is 27.7. The van der Waals surface area contributed by atoms with E-state index in [9.17, 15) is 8.42 Å². The summed E-state index contributed by atoms with van der Waals surface area (Å²) in [6, 6.07) is 6.85. The van der Waals surface area contributed by atoms with Crippen LogP contribution in [-0.2, 0) is 10.0 Å². The summed E-state index contributed by atoms with van der Waals surface area (Å²) in [6.07, 6.45) is 0. The van der Waals surface area contributed by atoms with Crippen molar-refractivity contribution in [3.63, 3.8) is 0 Å². The van der Waals surface area contributed by atoms with Crippen LogP contribution in [0.25, 0.3) is 0 Å². The molecule has 1 N–H and O–H groups in total. The molecule has 1 aromatic carbocycles. The van der Waals surface area contributed by atoms with Crippen molar-refractivity contribution in [2.24, 2.45) is 0 Å². The van der Waals surface area contributed by atoms with E-state index in [4.69, 9.17) is 23.2 Å². The first kappa shape index (κ1) is 16.6. The Balaban J connectivity index is 2.33. The molecule has 0 aliphatic carbocycles. The maximum atomic E-state index is 12.3. The number of anilines is 1. The zero-order chi connectivity index (χ0) is 15.8. The van der Waals surface area contributed by atoms with E-state index in [0.717, 1.165) is 16.9 Å². The van der Waals surface area contributed by atoms with Crippen LogP contribution >= 0.6 is 34.5 Å². The number of benzene rings is 1. The molecule has 0 radical (unpaired) electrons. The van der Waals surface area contributed by atoms with Gasteiger partial charge in [-0.25, -0.2) is 8.42 Å². The molecular formula is C14H15Cl2NO2S2. The fourth-order valence-corrected chi connectivity index (χ4v) is 5.31. The van der Waals surface area contributed by atoms with E-state index < -0.39 is 10.0 Å². The molecule has 0 fully saturated rings. The molecule has 0 amide bonds.